The van der Waals surface area contributed by atoms with Gasteiger partial charge in [0.15, 0.2) is 28.5 Å². The summed E-state index contributed by atoms with van der Waals surface area (Å²) in [6.45, 7) is 7.16. The molecule has 0 unspecified atom stereocenters. The van der Waals surface area contributed by atoms with Gasteiger partial charge in [-0.3, -0.25) is 4.79 Å². The second-order valence-corrected chi connectivity index (χ2v) is 8.59. The fourth-order valence-electron chi connectivity index (χ4n) is 4.21. The largest absolute Gasteiger partial charge is 0.490 e. The standard InChI is InChI=1S/C25H26ClN7O3/c1-3-35-20-10-5-17(15-21(20)36-4-2)25(34)32-13-11-31(12-14-32)23-22-24(28-16-27-23)33(30-29-22)19-8-6-18(26)7-9-19/h5-10,15-16H,3-4,11-14H2,1-2H3. The first-order valence-electron chi connectivity index (χ1n) is 11.8. The van der Waals surface area contributed by atoms with Gasteiger partial charge in [-0.25, -0.2) is 9.97 Å². The molecular weight excluding hydrogens is 482 g/mol. The smallest absolute Gasteiger partial charge is 0.254 e. The molecule has 3 heterocycles. The average molecular weight is 508 g/mol. The van der Waals surface area contributed by atoms with Crippen LogP contribution in [-0.2, 0) is 0 Å². The topological polar surface area (TPSA) is 98.5 Å². The van der Waals surface area contributed by atoms with Gasteiger partial charge in [0.05, 0.1) is 18.9 Å². The Hall–Kier alpha value is -3.92. The summed E-state index contributed by atoms with van der Waals surface area (Å²) in [6, 6.07) is 12.6. The zero-order chi connectivity index (χ0) is 25.1. The Morgan fingerprint density at radius 3 is 2.39 bits per heavy atom. The van der Waals surface area contributed by atoms with Gasteiger partial charge in [0.2, 0.25) is 0 Å². The number of piperazine rings is 1. The molecule has 186 valence electrons. The third kappa shape index (κ3) is 4.64. The summed E-state index contributed by atoms with van der Waals surface area (Å²) in [5.41, 5.74) is 2.60. The Morgan fingerprint density at radius 2 is 1.67 bits per heavy atom. The van der Waals surface area contributed by atoms with Crippen molar-refractivity contribution in [2.45, 2.75) is 13.8 Å². The molecule has 1 fully saturated rings. The van der Waals surface area contributed by atoms with Gasteiger partial charge in [-0.15, -0.1) is 5.10 Å². The van der Waals surface area contributed by atoms with Crippen LogP contribution in [0.4, 0.5) is 5.82 Å². The first-order chi connectivity index (χ1) is 17.6. The summed E-state index contributed by atoms with van der Waals surface area (Å²) < 4.78 is 13.0. The van der Waals surface area contributed by atoms with Crippen molar-refractivity contribution in [1.82, 2.24) is 29.9 Å². The number of ether oxygens (including phenoxy) is 2. The summed E-state index contributed by atoms with van der Waals surface area (Å²) in [6.07, 6.45) is 1.51. The van der Waals surface area contributed by atoms with E-state index in [9.17, 15) is 4.79 Å². The Labute approximate surface area is 213 Å². The van der Waals surface area contributed by atoms with Crippen LogP contribution in [-0.4, -0.2) is 75.2 Å². The fourth-order valence-corrected chi connectivity index (χ4v) is 4.34. The first kappa shape index (κ1) is 23.8. The lowest BCUT2D eigenvalue weighted by Gasteiger charge is -2.35. The Bertz CT molecular complexity index is 1370. The second kappa shape index (κ2) is 10.4. The second-order valence-electron chi connectivity index (χ2n) is 8.15. The molecule has 1 saturated heterocycles. The van der Waals surface area contributed by atoms with Gasteiger partial charge < -0.3 is 19.3 Å². The lowest BCUT2D eigenvalue weighted by atomic mass is 10.1. The summed E-state index contributed by atoms with van der Waals surface area (Å²) in [4.78, 5) is 26.0. The van der Waals surface area contributed by atoms with Gasteiger partial charge in [-0.1, -0.05) is 16.8 Å². The van der Waals surface area contributed by atoms with Crippen LogP contribution in [0.5, 0.6) is 11.5 Å². The van der Waals surface area contributed by atoms with Crippen molar-refractivity contribution >= 4 is 34.5 Å². The number of hydrogen-bond acceptors (Lipinski definition) is 8. The predicted molar refractivity (Wildman–Crippen MR) is 136 cm³/mol. The number of hydrogen-bond donors (Lipinski definition) is 0. The van der Waals surface area contributed by atoms with Gasteiger partial charge in [0.25, 0.3) is 5.91 Å². The van der Waals surface area contributed by atoms with Crippen LogP contribution in [0, 0.1) is 0 Å². The summed E-state index contributed by atoms with van der Waals surface area (Å²) in [5, 5.41) is 9.28. The SMILES string of the molecule is CCOc1ccc(C(=O)N2CCN(c3ncnc4c3nnn4-c3ccc(Cl)cc3)CC2)cc1OCC. The highest BCUT2D eigenvalue weighted by molar-refractivity contribution is 6.30. The molecule has 0 atom stereocenters. The van der Waals surface area contributed by atoms with Crippen LogP contribution in [0.3, 0.4) is 0 Å². The minimum Gasteiger partial charge on any atom is -0.490 e. The number of nitrogens with zero attached hydrogens (tertiary/aromatic N) is 7. The van der Waals surface area contributed by atoms with Crippen molar-refractivity contribution in [1.29, 1.82) is 0 Å². The molecule has 5 rings (SSSR count). The molecule has 1 aliphatic rings. The van der Waals surface area contributed by atoms with Gasteiger partial charge in [-0.2, -0.15) is 4.68 Å². The van der Waals surface area contributed by atoms with Crippen molar-refractivity contribution in [3.63, 3.8) is 0 Å². The number of aromatic nitrogens is 5. The monoisotopic (exact) mass is 507 g/mol. The molecular formula is C25H26ClN7O3. The van der Waals surface area contributed by atoms with Crippen molar-refractivity contribution in [2.75, 3.05) is 44.3 Å². The highest BCUT2D eigenvalue weighted by atomic mass is 35.5. The minimum absolute atomic E-state index is 0.0415. The molecule has 0 saturated carbocycles. The van der Waals surface area contributed by atoms with E-state index in [4.69, 9.17) is 21.1 Å². The molecule has 11 heteroatoms. The molecule has 0 N–H and O–H groups in total. The van der Waals surface area contributed by atoms with Crippen LogP contribution in [0.15, 0.2) is 48.8 Å². The van der Waals surface area contributed by atoms with Crippen LogP contribution < -0.4 is 14.4 Å². The third-order valence-electron chi connectivity index (χ3n) is 5.95. The van der Waals surface area contributed by atoms with Crippen LogP contribution >= 0.6 is 11.6 Å². The number of carbonyl (C=O) groups is 1. The Balaban J connectivity index is 1.32. The zero-order valence-corrected chi connectivity index (χ0v) is 20.9. The van der Waals surface area contributed by atoms with Crippen LogP contribution in [0.25, 0.3) is 16.9 Å². The van der Waals surface area contributed by atoms with E-state index < -0.39 is 0 Å². The van der Waals surface area contributed by atoms with Crippen molar-refractivity contribution < 1.29 is 14.3 Å². The van der Waals surface area contributed by atoms with Crippen LogP contribution in [0.1, 0.15) is 24.2 Å². The van der Waals surface area contributed by atoms with E-state index >= 15 is 0 Å². The number of anilines is 1. The van der Waals surface area contributed by atoms with Crippen molar-refractivity contribution in [3.8, 4) is 17.2 Å². The molecule has 10 nitrogen and oxygen atoms in total. The average Bonchev–Trinajstić information content (AvgIpc) is 3.34. The van der Waals surface area contributed by atoms with E-state index in [-0.39, 0.29) is 5.91 Å². The number of carbonyl (C=O) groups excluding carboxylic acids is 1. The van der Waals surface area contributed by atoms with E-state index in [0.29, 0.717) is 78.5 Å². The lowest BCUT2D eigenvalue weighted by molar-refractivity contribution is 0.0746. The Morgan fingerprint density at radius 1 is 0.944 bits per heavy atom. The molecule has 0 bridgehead atoms. The molecule has 2 aromatic heterocycles. The molecule has 1 amide bonds. The first-order valence-corrected chi connectivity index (χ1v) is 12.2. The van der Waals surface area contributed by atoms with Gasteiger partial charge in [0, 0.05) is 36.8 Å². The molecule has 0 spiro atoms. The fraction of sp³-hybridized carbons (Fsp3) is 0.320. The number of rotatable bonds is 7. The van der Waals surface area contributed by atoms with E-state index in [1.54, 1.807) is 35.0 Å². The molecule has 0 radical (unpaired) electrons. The molecule has 0 aliphatic carbocycles. The normalized spacial score (nSPS) is 13.8. The minimum atomic E-state index is -0.0415. The van der Waals surface area contributed by atoms with Gasteiger partial charge in [-0.05, 0) is 56.3 Å². The van der Waals surface area contributed by atoms with Gasteiger partial charge >= 0.3 is 0 Å². The van der Waals surface area contributed by atoms with Crippen LogP contribution in [0.2, 0.25) is 5.02 Å². The van der Waals surface area contributed by atoms with Crippen molar-refractivity contribution in [2.24, 2.45) is 0 Å². The maximum atomic E-state index is 13.2. The van der Waals surface area contributed by atoms with Gasteiger partial charge in [0.1, 0.15) is 6.33 Å². The molecule has 4 aromatic rings. The lowest BCUT2D eigenvalue weighted by Crippen LogP contribution is -2.49. The highest BCUT2D eigenvalue weighted by Crippen LogP contribution is 2.30. The van der Waals surface area contributed by atoms with E-state index in [1.807, 2.05) is 30.9 Å². The summed E-state index contributed by atoms with van der Waals surface area (Å²) >= 11 is 6.02. The number of fused-ring (bicyclic) bond motifs is 1. The Kier molecular flexibility index (Phi) is 6.86. The number of amides is 1. The zero-order valence-electron chi connectivity index (χ0n) is 20.1. The van der Waals surface area contributed by atoms with Crippen molar-refractivity contribution in [3.05, 3.63) is 59.4 Å². The van der Waals surface area contributed by atoms with E-state index in [1.165, 1.54) is 6.33 Å². The van der Waals surface area contributed by atoms with E-state index in [0.717, 1.165) is 5.69 Å². The number of halogens is 1. The molecule has 36 heavy (non-hydrogen) atoms. The maximum absolute atomic E-state index is 13.2. The number of benzene rings is 2. The summed E-state index contributed by atoms with van der Waals surface area (Å²) in [7, 11) is 0. The molecule has 1 aliphatic heterocycles. The quantitative estimate of drug-likeness (QED) is 0.374. The molecule has 2 aromatic carbocycles. The predicted octanol–water partition coefficient (Wildman–Crippen LogP) is 3.62. The maximum Gasteiger partial charge on any atom is 0.254 e. The third-order valence-corrected chi connectivity index (χ3v) is 6.20. The highest BCUT2D eigenvalue weighted by Gasteiger charge is 2.26. The summed E-state index contributed by atoms with van der Waals surface area (Å²) in [5.74, 6) is 1.88. The van der Waals surface area contributed by atoms with E-state index in [2.05, 4.69) is 25.2 Å².